The first-order valence-electron chi connectivity index (χ1n) is 10.0. The topological polar surface area (TPSA) is 103 Å². The number of carbonyl (C=O) groups excluding carboxylic acids is 3. The highest BCUT2D eigenvalue weighted by molar-refractivity contribution is 6.05. The Morgan fingerprint density at radius 2 is 1.65 bits per heavy atom. The molecule has 2 aromatic carbocycles. The van der Waals surface area contributed by atoms with Gasteiger partial charge in [-0.2, -0.15) is 0 Å². The number of hydrogen-bond donors (Lipinski definition) is 2. The van der Waals surface area contributed by atoms with Gasteiger partial charge in [0.1, 0.15) is 0 Å². The van der Waals surface area contributed by atoms with Gasteiger partial charge in [-0.15, -0.1) is 0 Å². The highest BCUT2D eigenvalue weighted by Crippen LogP contribution is 2.28. The molecule has 0 aromatic heterocycles. The number of amides is 2. The smallest absolute Gasteiger partial charge is 0.338 e. The number of anilines is 1. The number of carbonyl (C=O) groups is 3. The van der Waals surface area contributed by atoms with E-state index in [0.717, 1.165) is 6.42 Å². The first kappa shape index (κ1) is 23.7. The Kier molecular flexibility index (Phi) is 8.87. The molecule has 0 aliphatic heterocycles. The van der Waals surface area contributed by atoms with Gasteiger partial charge in [-0.05, 0) is 62.7 Å². The molecule has 2 amide bonds. The van der Waals surface area contributed by atoms with Gasteiger partial charge in [0.2, 0.25) is 0 Å². The van der Waals surface area contributed by atoms with Crippen LogP contribution in [0.1, 0.15) is 47.9 Å². The second-order valence-corrected chi connectivity index (χ2v) is 7.04. The van der Waals surface area contributed by atoms with E-state index in [9.17, 15) is 14.4 Å². The third kappa shape index (κ3) is 7.33. The second-order valence-electron chi connectivity index (χ2n) is 7.04. The summed E-state index contributed by atoms with van der Waals surface area (Å²) in [5.74, 6) is -0.321. The Morgan fingerprint density at radius 1 is 0.968 bits per heavy atom. The van der Waals surface area contributed by atoms with E-state index < -0.39 is 5.97 Å². The molecule has 0 saturated carbocycles. The molecule has 0 fully saturated rings. The monoisotopic (exact) mass is 428 g/mol. The number of ether oxygens (including phenoxy) is 3. The van der Waals surface area contributed by atoms with Crippen LogP contribution in [-0.4, -0.2) is 44.1 Å². The molecule has 0 radical (unpaired) electrons. The quantitative estimate of drug-likeness (QED) is 0.562. The lowest BCUT2D eigenvalue weighted by Crippen LogP contribution is -2.34. The van der Waals surface area contributed by atoms with Crippen molar-refractivity contribution in [3.8, 4) is 11.5 Å². The van der Waals surface area contributed by atoms with E-state index >= 15 is 0 Å². The number of benzene rings is 2. The van der Waals surface area contributed by atoms with E-state index in [2.05, 4.69) is 10.6 Å². The van der Waals surface area contributed by atoms with Crippen LogP contribution >= 0.6 is 0 Å². The zero-order valence-corrected chi connectivity index (χ0v) is 18.2. The molecule has 8 heteroatoms. The van der Waals surface area contributed by atoms with Crippen molar-refractivity contribution in [3.05, 3.63) is 53.6 Å². The van der Waals surface area contributed by atoms with Gasteiger partial charge >= 0.3 is 5.97 Å². The van der Waals surface area contributed by atoms with Gasteiger partial charge in [0.05, 0.1) is 19.3 Å². The van der Waals surface area contributed by atoms with Crippen molar-refractivity contribution in [3.63, 3.8) is 0 Å². The van der Waals surface area contributed by atoms with E-state index in [1.807, 2.05) is 20.8 Å². The number of esters is 1. The highest BCUT2D eigenvalue weighted by atomic mass is 16.5. The number of methoxy groups -OCH3 is 1. The molecule has 8 nitrogen and oxygen atoms in total. The zero-order valence-electron chi connectivity index (χ0n) is 18.2. The Morgan fingerprint density at radius 3 is 2.26 bits per heavy atom. The SMILES string of the molecule is CCCOC(=O)c1ccc(NC(=O)c2ccc(OCC(=O)NC(C)C)c(OC)c2)cc1. The van der Waals surface area contributed by atoms with Crippen LogP contribution in [0, 0.1) is 0 Å². The van der Waals surface area contributed by atoms with Gasteiger partial charge in [0.25, 0.3) is 11.8 Å². The van der Waals surface area contributed by atoms with Crippen LogP contribution in [0.4, 0.5) is 5.69 Å². The predicted molar refractivity (Wildman–Crippen MR) is 117 cm³/mol. The zero-order chi connectivity index (χ0) is 22.8. The van der Waals surface area contributed by atoms with Gasteiger partial charge in [0.15, 0.2) is 18.1 Å². The van der Waals surface area contributed by atoms with Crippen LogP contribution in [-0.2, 0) is 9.53 Å². The largest absolute Gasteiger partial charge is 0.493 e. The van der Waals surface area contributed by atoms with Gasteiger partial charge in [0, 0.05) is 17.3 Å². The van der Waals surface area contributed by atoms with Crippen molar-refractivity contribution >= 4 is 23.5 Å². The van der Waals surface area contributed by atoms with E-state index in [4.69, 9.17) is 14.2 Å². The van der Waals surface area contributed by atoms with Crippen molar-refractivity contribution < 1.29 is 28.6 Å². The summed E-state index contributed by atoms with van der Waals surface area (Å²) in [4.78, 5) is 36.2. The Labute approximate surface area is 181 Å². The van der Waals surface area contributed by atoms with Crippen LogP contribution in [0.3, 0.4) is 0 Å². The molecule has 0 atom stereocenters. The summed E-state index contributed by atoms with van der Waals surface area (Å²) < 4.78 is 15.9. The molecule has 0 saturated heterocycles. The minimum absolute atomic E-state index is 0.0140. The van der Waals surface area contributed by atoms with Crippen molar-refractivity contribution in [2.75, 3.05) is 25.6 Å². The fourth-order valence-electron chi connectivity index (χ4n) is 2.61. The van der Waals surface area contributed by atoms with E-state index in [0.29, 0.717) is 34.9 Å². The molecule has 0 spiro atoms. The Bertz CT molecular complexity index is 909. The minimum Gasteiger partial charge on any atom is -0.493 e. The molecule has 0 aliphatic rings. The first-order valence-corrected chi connectivity index (χ1v) is 10.0. The van der Waals surface area contributed by atoms with Crippen molar-refractivity contribution in [2.45, 2.75) is 33.2 Å². The third-order valence-electron chi connectivity index (χ3n) is 4.05. The molecule has 2 aromatic rings. The Hall–Kier alpha value is -3.55. The van der Waals surface area contributed by atoms with Crippen LogP contribution in [0.25, 0.3) is 0 Å². The van der Waals surface area contributed by atoms with Crippen LogP contribution in [0.5, 0.6) is 11.5 Å². The highest BCUT2D eigenvalue weighted by Gasteiger charge is 2.14. The lowest BCUT2D eigenvalue weighted by Gasteiger charge is -2.13. The lowest BCUT2D eigenvalue weighted by molar-refractivity contribution is -0.123. The molecular weight excluding hydrogens is 400 g/mol. The minimum atomic E-state index is -0.401. The Balaban J connectivity index is 2.01. The van der Waals surface area contributed by atoms with Gasteiger partial charge in [-0.3, -0.25) is 9.59 Å². The molecule has 0 unspecified atom stereocenters. The van der Waals surface area contributed by atoms with Crippen molar-refractivity contribution in [2.24, 2.45) is 0 Å². The number of nitrogens with one attached hydrogen (secondary N) is 2. The standard InChI is InChI=1S/C23H28N2O6/c1-5-12-30-23(28)16-6-9-18(10-7-16)25-22(27)17-8-11-19(20(13-17)29-4)31-14-21(26)24-15(2)3/h6-11,13,15H,5,12,14H2,1-4H3,(H,24,26)(H,25,27). The van der Waals surface area contributed by atoms with Gasteiger partial charge in [-0.25, -0.2) is 4.79 Å². The summed E-state index contributed by atoms with van der Waals surface area (Å²) in [5, 5.41) is 5.49. The first-order chi connectivity index (χ1) is 14.8. The maximum Gasteiger partial charge on any atom is 0.338 e. The molecule has 2 N–H and O–H groups in total. The summed E-state index contributed by atoms with van der Waals surface area (Å²) in [7, 11) is 1.45. The molecular formula is C23H28N2O6. The molecule has 31 heavy (non-hydrogen) atoms. The van der Waals surface area contributed by atoms with Crippen molar-refractivity contribution in [1.82, 2.24) is 5.32 Å². The summed E-state index contributed by atoms with van der Waals surface area (Å²) in [6.45, 7) is 5.84. The number of hydrogen-bond acceptors (Lipinski definition) is 6. The van der Waals surface area contributed by atoms with Gasteiger partial charge in [-0.1, -0.05) is 6.92 Å². The molecule has 166 valence electrons. The molecule has 0 bridgehead atoms. The normalized spacial score (nSPS) is 10.4. The van der Waals surface area contributed by atoms with E-state index in [-0.39, 0.29) is 24.5 Å². The number of rotatable bonds is 10. The fraction of sp³-hybridized carbons (Fsp3) is 0.348. The molecule has 2 rings (SSSR count). The van der Waals surface area contributed by atoms with E-state index in [1.165, 1.54) is 13.2 Å². The van der Waals surface area contributed by atoms with Gasteiger partial charge < -0.3 is 24.8 Å². The average Bonchev–Trinajstić information content (AvgIpc) is 2.75. The summed E-state index contributed by atoms with van der Waals surface area (Å²) >= 11 is 0. The average molecular weight is 428 g/mol. The van der Waals surface area contributed by atoms with Crippen LogP contribution < -0.4 is 20.1 Å². The maximum atomic E-state index is 12.6. The van der Waals surface area contributed by atoms with Crippen LogP contribution in [0.2, 0.25) is 0 Å². The predicted octanol–water partition coefficient (Wildman–Crippen LogP) is 3.42. The van der Waals surface area contributed by atoms with E-state index in [1.54, 1.807) is 36.4 Å². The van der Waals surface area contributed by atoms with Crippen molar-refractivity contribution in [1.29, 1.82) is 0 Å². The summed E-state index contributed by atoms with van der Waals surface area (Å²) in [6, 6.07) is 11.1. The third-order valence-corrected chi connectivity index (χ3v) is 4.05. The molecule has 0 heterocycles. The second kappa shape index (κ2) is 11.6. The maximum absolute atomic E-state index is 12.6. The summed E-state index contributed by atoms with van der Waals surface area (Å²) in [6.07, 6.45) is 0.748. The summed E-state index contributed by atoms with van der Waals surface area (Å²) in [5.41, 5.74) is 1.29. The molecule has 0 aliphatic carbocycles. The fourth-order valence-corrected chi connectivity index (χ4v) is 2.61. The van der Waals surface area contributed by atoms with Crippen LogP contribution in [0.15, 0.2) is 42.5 Å². The lowest BCUT2D eigenvalue weighted by atomic mass is 10.1.